The summed E-state index contributed by atoms with van der Waals surface area (Å²) in [6, 6.07) is 0. The van der Waals surface area contributed by atoms with Gasteiger partial charge in [0.2, 0.25) is 0 Å². The van der Waals surface area contributed by atoms with Gasteiger partial charge in [-0.25, -0.2) is 0 Å². The van der Waals surface area contributed by atoms with Gasteiger partial charge in [-0.3, -0.25) is 0 Å². The highest BCUT2D eigenvalue weighted by Crippen LogP contribution is 2.74. The van der Waals surface area contributed by atoms with Gasteiger partial charge in [0.15, 0.2) is 0 Å². The van der Waals surface area contributed by atoms with Gasteiger partial charge in [-0.2, -0.15) is 0 Å². The monoisotopic (exact) mass is 163 g/mol. The summed E-state index contributed by atoms with van der Waals surface area (Å²) in [5.41, 5.74) is 7.53. The number of nitrogens with two attached hydrogens (primary N) is 1. The molecule has 1 nitrogen and oxygen atoms in total. The normalized spacial score (nSPS) is 71.2. The van der Waals surface area contributed by atoms with E-state index in [2.05, 4.69) is 0 Å². The molecule has 4 bridgehead atoms. The summed E-state index contributed by atoms with van der Waals surface area (Å²) < 4.78 is 0. The fraction of sp³-hybridized carbons (Fsp3) is 1.00. The maximum absolute atomic E-state index is 6.43. The first-order chi connectivity index (χ1) is 5.69. The van der Waals surface area contributed by atoms with Crippen LogP contribution in [0.25, 0.3) is 0 Å². The summed E-state index contributed by atoms with van der Waals surface area (Å²) in [5.74, 6) is 3.21. The summed E-state index contributed by atoms with van der Waals surface area (Å²) in [4.78, 5) is 0. The Labute approximate surface area is 73.7 Å². The quantitative estimate of drug-likeness (QED) is 0.580. The molecule has 0 aromatic rings. The summed E-state index contributed by atoms with van der Waals surface area (Å²) in [7, 11) is 0. The van der Waals surface area contributed by atoms with Crippen LogP contribution in [0.5, 0.6) is 0 Å². The molecule has 5 aliphatic carbocycles. The summed E-state index contributed by atoms with van der Waals surface area (Å²) >= 11 is 0. The fourth-order valence-corrected chi connectivity index (χ4v) is 5.52. The Hall–Kier alpha value is -0.0400. The second kappa shape index (κ2) is 1.50. The van der Waals surface area contributed by atoms with Crippen molar-refractivity contribution >= 4 is 0 Å². The van der Waals surface area contributed by atoms with Crippen molar-refractivity contribution in [3.63, 3.8) is 0 Å². The van der Waals surface area contributed by atoms with Gasteiger partial charge in [0.25, 0.3) is 0 Å². The third kappa shape index (κ3) is 0.501. The van der Waals surface area contributed by atoms with Crippen molar-refractivity contribution in [3.05, 3.63) is 0 Å². The van der Waals surface area contributed by atoms with E-state index in [-0.39, 0.29) is 0 Å². The highest BCUT2D eigenvalue weighted by molar-refractivity contribution is 5.20. The Kier molecular flexibility index (Phi) is 0.800. The molecule has 0 heterocycles. The van der Waals surface area contributed by atoms with Crippen LogP contribution in [0.3, 0.4) is 0 Å². The molecule has 12 heavy (non-hydrogen) atoms. The highest BCUT2D eigenvalue weighted by Gasteiger charge is 2.68. The molecule has 5 rings (SSSR count). The van der Waals surface area contributed by atoms with E-state index in [0.29, 0.717) is 5.54 Å². The number of fused-ring (bicyclic) bond motifs is 1. The van der Waals surface area contributed by atoms with Crippen molar-refractivity contribution < 1.29 is 0 Å². The molecule has 5 fully saturated rings. The Morgan fingerprint density at radius 1 is 1.08 bits per heavy atom. The zero-order chi connectivity index (χ0) is 7.97. The van der Waals surface area contributed by atoms with Gasteiger partial charge in [0.1, 0.15) is 0 Å². The van der Waals surface area contributed by atoms with Crippen molar-refractivity contribution in [1.29, 1.82) is 0 Å². The van der Waals surface area contributed by atoms with E-state index >= 15 is 0 Å². The number of hydrogen-bond donors (Lipinski definition) is 1. The minimum Gasteiger partial charge on any atom is -0.325 e. The topological polar surface area (TPSA) is 26.0 Å². The van der Waals surface area contributed by atoms with Crippen LogP contribution in [0.15, 0.2) is 0 Å². The molecule has 5 saturated carbocycles. The van der Waals surface area contributed by atoms with E-state index in [0.717, 1.165) is 23.2 Å². The zero-order valence-electron chi connectivity index (χ0n) is 7.55. The first-order valence-electron chi connectivity index (χ1n) is 5.48. The first kappa shape index (κ1) is 6.42. The van der Waals surface area contributed by atoms with Gasteiger partial charge < -0.3 is 5.73 Å². The molecule has 0 radical (unpaired) electrons. The van der Waals surface area contributed by atoms with Gasteiger partial charge in [0.05, 0.1) is 0 Å². The van der Waals surface area contributed by atoms with Crippen molar-refractivity contribution in [2.75, 3.05) is 0 Å². The van der Waals surface area contributed by atoms with E-state index in [4.69, 9.17) is 5.73 Å². The molecule has 5 unspecified atom stereocenters. The molecule has 1 spiro atoms. The SMILES string of the molecule is NC12CC3CC4C(C1)CC4(C3)C2. The van der Waals surface area contributed by atoms with Gasteiger partial charge >= 0.3 is 0 Å². The van der Waals surface area contributed by atoms with E-state index in [9.17, 15) is 0 Å². The maximum atomic E-state index is 6.43. The van der Waals surface area contributed by atoms with Crippen LogP contribution in [0.2, 0.25) is 0 Å². The van der Waals surface area contributed by atoms with Crippen molar-refractivity contribution in [2.45, 2.75) is 44.1 Å². The van der Waals surface area contributed by atoms with Gasteiger partial charge in [-0.05, 0) is 61.7 Å². The van der Waals surface area contributed by atoms with Gasteiger partial charge in [-0.15, -0.1) is 0 Å². The molecule has 0 aromatic heterocycles. The summed E-state index contributed by atoms with van der Waals surface area (Å²) in [5, 5.41) is 0. The Morgan fingerprint density at radius 2 is 2.00 bits per heavy atom. The lowest BCUT2D eigenvalue weighted by Crippen LogP contribution is -2.62. The van der Waals surface area contributed by atoms with Crippen LogP contribution in [-0.2, 0) is 0 Å². The predicted molar refractivity (Wildman–Crippen MR) is 47.5 cm³/mol. The number of hydrogen-bond acceptors (Lipinski definition) is 1. The third-order valence-corrected chi connectivity index (χ3v) is 5.37. The molecule has 1 heteroatoms. The molecule has 0 aliphatic heterocycles. The first-order valence-corrected chi connectivity index (χ1v) is 5.48. The Balaban J connectivity index is 1.88. The van der Waals surface area contributed by atoms with E-state index in [1.54, 1.807) is 19.3 Å². The molecule has 0 amide bonds. The maximum Gasteiger partial charge on any atom is 0.0165 e. The summed E-state index contributed by atoms with van der Waals surface area (Å²) in [6.45, 7) is 0. The smallest absolute Gasteiger partial charge is 0.0165 e. The van der Waals surface area contributed by atoms with Crippen LogP contribution in [0.1, 0.15) is 38.5 Å². The van der Waals surface area contributed by atoms with Crippen molar-refractivity contribution in [1.82, 2.24) is 0 Å². The molecule has 0 saturated heterocycles. The molecule has 5 atom stereocenters. The largest absolute Gasteiger partial charge is 0.325 e. The fourth-order valence-electron chi connectivity index (χ4n) is 5.52. The van der Waals surface area contributed by atoms with Crippen LogP contribution in [0.4, 0.5) is 0 Å². The standard InChI is InChI=1S/C11H17N/c12-11-3-7-1-9-8(5-11)4-10(9,2-7)6-11/h7-9H,1-6,12H2. The minimum absolute atomic E-state index is 0.304. The number of rotatable bonds is 0. The van der Waals surface area contributed by atoms with Crippen LogP contribution in [0, 0.1) is 23.2 Å². The average molecular weight is 163 g/mol. The van der Waals surface area contributed by atoms with Gasteiger partial charge in [-0.1, -0.05) is 0 Å². The second-order valence-electron chi connectivity index (χ2n) is 6.19. The lowest BCUT2D eigenvalue weighted by Gasteiger charge is -2.63. The average Bonchev–Trinajstić information content (AvgIpc) is 2.11. The van der Waals surface area contributed by atoms with Crippen molar-refractivity contribution in [2.24, 2.45) is 28.9 Å². The molecule has 0 aromatic carbocycles. The van der Waals surface area contributed by atoms with Crippen LogP contribution < -0.4 is 5.73 Å². The molecule has 5 aliphatic rings. The zero-order valence-corrected chi connectivity index (χ0v) is 7.55. The van der Waals surface area contributed by atoms with Crippen molar-refractivity contribution in [3.8, 4) is 0 Å². The second-order valence-corrected chi connectivity index (χ2v) is 6.19. The van der Waals surface area contributed by atoms with E-state index in [1.165, 1.54) is 19.3 Å². The Morgan fingerprint density at radius 3 is 2.92 bits per heavy atom. The summed E-state index contributed by atoms with van der Waals surface area (Å²) in [6.07, 6.45) is 8.76. The van der Waals surface area contributed by atoms with E-state index in [1.807, 2.05) is 0 Å². The van der Waals surface area contributed by atoms with E-state index < -0.39 is 0 Å². The van der Waals surface area contributed by atoms with Gasteiger partial charge in [0, 0.05) is 5.54 Å². The molecule has 2 N–H and O–H groups in total. The third-order valence-electron chi connectivity index (χ3n) is 5.37. The van der Waals surface area contributed by atoms with Crippen LogP contribution in [-0.4, -0.2) is 5.54 Å². The highest BCUT2D eigenvalue weighted by atomic mass is 14.9. The van der Waals surface area contributed by atoms with Crippen LogP contribution >= 0.6 is 0 Å². The predicted octanol–water partition coefficient (Wildman–Crippen LogP) is 1.91. The lowest BCUT2D eigenvalue weighted by molar-refractivity contribution is -0.111. The Bertz CT molecular complexity index is 256. The molecular weight excluding hydrogens is 146 g/mol. The minimum atomic E-state index is 0.304. The molecule has 66 valence electrons. The molecular formula is C11H17N. The lowest BCUT2D eigenvalue weighted by atomic mass is 9.43.